The topological polar surface area (TPSA) is 42.7 Å². The molecule has 0 aromatic carbocycles. The zero-order chi connectivity index (χ0) is 11.8. The second-order valence-electron chi connectivity index (χ2n) is 4.31. The van der Waals surface area contributed by atoms with Gasteiger partial charge in [0, 0.05) is 6.54 Å². The van der Waals surface area contributed by atoms with Crippen LogP contribution >= 0.6 is 0 Å². The van der Waals surface area contributed by atoms with Crippen LogP contribution in [0.3, 0.4) is 0 Å². The monoisotopic (exact) mass is 224 g/mol. The van der Waals surface area contributed by atoms with Crippen LogP contribution in [0.4, 0.5) is 0 Å². The highest BCUT2D eigenvalue weighted by molar-refractivity contribution is 4.83. The number of hydrogen-bond donors (Lipinski definition) is 1. The third-order valence-electron chi connectivity index (χ3n) is 3.01. The predicted octanol–water partition coefficient (Wildman–Crippen LogP) is 2.21. The van der Waals surface area contributed by atoms with E-state index in [4.69, 9.17) is 0 Å². The van der Waals surface area contributed by atoms with Crippen molar-refractivity contribution in [3.63, 3.8) is 0 Å². The summed E-state index contributed by atoms with van der Waals surface area (Å²) >= 11 is 0. The fraction of sp³-hybridized carbons (Fsp3) is 0.833. The smallest absolute Gasteiger partial charge is 0.140 e. The van der Waals surface area contributed by atoms with Gasteiger partial charge >= 0.3 is 0 Å². The number of nitrogens with one attached hydrogen (secondary N) is 1. The van der Waals surface area contributed by atoms with E-state index in [1.54, 1.807) is 6.33 Å². The maximum Gasteiger partial charge on any atom is 0.140 e. The Morgan fingerprint density at radius 3 is 2.88 bits per heavy atom. The zero-order valence-electron chi connectivity index (χ0n) is 10.7. The highest BCUT2D eigenvalue weighted by Gasteiger charge is 2.10. The zero-order valence-corrected chi connectivity index (χ0v) is 10.7. The van der Waals surface area contributed by atoms with Crippen LogP contribution in [0.5, 0.6) is 0 Å². The van der Waals surface area contributed by atoms with Crippen LogP contribution in [0.25, 0.3) is 0 Å². The van der Waals surface area contributed by atoms with Crippen LogP contribution in [0.2, 0.25) is 0 Å². The molecular formula is C12H24N4. The Kier molecular flexibility index (Phi) is 6.08. The van der Waals surface area contributed by atoms with E-state index >= 15 is 0 Å². The minimum atomic E-state index is 0.734. The number of aromatic nitrogens is 3. The molecule has 1 heterocycles. The fourth-order valence-electron chi connectivity index (χ4n) is 1.90. The SMILES string of the molecule is CCCCC(CC)Cn1ncnc1CNC. The van der Waals surface area contributed by atoms with E-state index in [0.717, 1.165) is 24.8 Å². The molecule has 0 saturated heterocycles. The second-order valence-corrected chi connectivity index (χ2v) is 4.31. The summed E-state index contributed by atoms with van der Waals surface area (Å²) in [5.74, 6) is 1.77. The van der Waals surface area contributed by atoms with Crippen LogP contribution in [0.15, 0.2) is 6.33 Å². The summed E-state index contributed by atoms with van der Waals surface area (Å²) in [6.07, 6.45) is 6.76. The van der Waals surface area contributed by atoms with Gasteiger partial charge in [0.05, 0.1) is 6.54 Å². The first-order valence-electron chi connectivity index (χ1n) is 6.33. The van der Waals surface area contributed by atoms with Crippen LogP contribution in [-0.2, 0) is 13.1 Å². The second kappa shape index (κ2) is 7.39. The van der Waals surface area contributed by atoms with E-state index in [2.05, 4.69) is 29.2 Å². The van der Waals surface area contributed by atoms with Crippen molar-refractivity contribution >= 4 is 0 Å². The lowest BCUT2D eigenvalue weighted by atomic mass is 9.99. The van der Waals surface area contributed by atoms with Gasteiger partial charge in [0.1, 0.15) is 12.2 Å². The van der Waals surface area contributed by atoms with E-state index in [0.29, 0.717) is 0 Å². The summed E-state index contributed by atoms with van der Waals surface area (Å²) in [6, 6.07) is 0. The van der Waals surface area contributed by atoms with E-state index in [1.165, 1.54) is 25.7 Å². The highest BCUT2D eigenvalue weighted by Crippen LogP contribution is 2.15. The van der Waals surface area contributed by atoms with Crippen LogP contribution in [0.1, 0.15) is 45.4 Å². The highest BCUT2D eigenvalue weighted by atomic mass is 15.3. The van der Waals surface area contributed by atoms with Crippen molar-refractivity contribution in [1.82, 2.24) is 20.1 Å². The van der Waals surface area contributed by atoms with Crippen molar-refractivity contribution < 1.29 is 0 Å². The Balaban J connectivity index is 2.51. The maximum atomic E-state index is 4.30. The Labute approximate surface area is 98.5 Å². The van der Waals surface area contributed by atoms with Gasteiger partial charge in [-0.2, -0.15) is 5.10 Å². The predicted molar refractivity (Wildman–Crippen MR) is 66.1 cm³/mol. The molecule has 1 N–H and O–H groups in total. The molecule has 0 fully saturated rings. The summed E-state index contributed by atoms with van der Waals surface area (Å²) in [5.41, 5.74) is 0. The molecule has 1 aromatic rings. The molecule has 92 valence electrons. The van der Waals surface area contributed by atoms with Gasteiger partial charge in [0.25, 0.3) is 0 Å². The summed E-state index contributed by atoms with van der Waals surface area (Å²) in [7, 11) is 1.94. The molecule has 4 heteroatoms. The molecule has 4 nitrogen and oxygen atoms in total. The molecule has 1 rings (SSSR count). The average molecular weight is 224 g/mol. The van der Waals surface area contributed by atoms with Crippen molar-refractivity contribution in [2.45, 2.75) is 52.6 Å². The van der Waals surface area contributed by atoms with Gasteiger partial charge in [-0.25, -0.2) is 9.67 Å². The summed E-state index contributed by atoms with van der Waals surface area (Å²) in [4.78, 5) is 4.26. The van der Waals surface area contributed by atoms with Crippen molar-refractivity contribution in [3.05, 3.63) is 12.2 Å². The minimum Gasteiger partial charge on any atom is -0.313 e. The van der Waals surface area contributed by atoms with Gasteiger partial charge in [-0.05, 0) is 19.4 Å². The van der Waals surface area contributed by atoms with Gasteiger partial charge in [-0.3, -0.25) is 0 Å². The largest absolute Gasteiger partial charge is 0.313 e. The summed E-state index contributed by atoms with van der Waals surface area (Å²) < 4.78 is 2.04. The molecule has 0 radical (unpaired) electrons. The van der Waals surface area contributed by atoms with E-state index < -0.39 is 0 Å². The van der Waals surface area contributed by atoms with Crippen LogP contribution in [-0.4, -0.2) is 21.8 Å². The molecule has 1 unspecified atom stereocenters. The third-order valence-corrected chi connectivity index (χ3v) is 3.01. The van der Waals surface area contributed by atoms with E-state index in [1.807, 2.05) is 11.7 Å². The Bertz CT molecular complexity index is 282. The molecule has 0 aliphatic rings. The molecule has 0 aliphatic carbocycles. The average Bonchev–Trinajstić information content (AvgIpc) is 2.72. The first kappa shape index (κ1) is 13.2. The molecule has 16 heavy (non-hydrogen) atoms. The van der Waals surface area contributed by atoms with Gasteiger partial charge < -0.3 is 5.32 Å². The first-order chi connectivity index (χ1) is 7.81. The van der Waals surface area contributed by atoms with Crippen LogP contribution < -0.4 is 5.32 Å². The van der Waals surface area contributed by atoms with E-state index in [-0.39, 0.29) is 0 Å². The quantitative estimate of drug-likeness (QED) is 0.736. The van der Waals surface area contributed by atoms with Crippen molar-refractivity contribution in [2.24, 2.45) is 5.92 Å². The molecule has 1 aromatic heterocycles. The van der Waals surface area contributed by atoms with Crippen molar-refractivity contribution in [1.29, 1.82) is 0 Å². The number of rotatable bonds is 8. The van der Waals surface area contributed by atoms with Gasteiger partial charge in [0.2, 0.25) is 0 Å². The molecular weight excluding hydrogens is 200 g/mol. The van der Waals surface area contributed by atoms with Gasteiger partial charge in [-0.1, -0.05) is 33.1 Å². The number of unbranched alkanes of at least 4 members (excludes halogenated alkanes) is 1. The van der Waals surface area contributed by atoms with Crippen molar-refractivity contribution in [2.75, 3.05) is 7.05 Å². The molecule has 0 spiro atoms. The lowest BCUT2D eigenvalue weighted by Crippen LogP contribution is -2.17. The first-order valence-corrected chi connectivity index (χ1v) is 6.33. The lowest BCUT2D eigenvalue weighted by Gasteiger charge is -2.15. The Morgan fingerprint density at radius 1 is 1.44 bits per heavy atom. The molecule has 0 amide bonds. The molecule has 0 bridgehead atoms. The molecule has 1 atom stereocenters. The summed E-state index contributed by atoms with van der Waals surface area (Å²) in [5, 5.41) is 7.42. The van der Waals surface area contributed by atoms with Crippen molar-refractivity contribution in [3.8, 4) is 0 Å². The Hall–Kier alpha value is -0.900. The van der Waals surface area contributed by atoms with E-state index in [9.17, 15) is 0 Å². The standard InChI is InChI=1S/C12H24N4/c1-4-6-7-11(5-2)9-16-12(8-13-3)14-10-15-16/h10-11,13H,4-9H2,1-3H3. The number of hydrogen-bond acceptors (Lipinski definition) is 3. The maximum absolute atomic E-state index is 4.30. The van der Waals surface area contributed by atoms with Gasteiger partial charge in [0.15, 0.2) is 0 Å². The third kappa shape index (κ3) is 3.93. The summed E-state index contributed by atoms with van der Waals surface area (Å²) in [6.45, 7) is 6.31. The molecule has 0 saturated carbocycles. The minimum absolute atomic E-state index is 0.734. The molecule has 0 aliphatic heterocycles. The fourth-order valence-corrected chi connectivity index (χ4v) is 1.90. The van der Waals surface area contributed by atoms with Crippen LogP contribution in [0, 0.1) is 5.92 Å². The number of nitrogens with zero attached hydrogens (tertiary/aromatic N) is 3. The lowest BCUT2D eigenvalue weighted by molar-refractivity contribution is 0.363. The normalized spacial score (nSPS) is 12.9. The van der Waals surface area contributed by atoms with Gasteiger partial charge in [-0.15, -0.1) is 0 Å². The Morgan fingerprint density at radius 2 is 2.25 bits per heavy atom.